The average Bonchev–Trinajstić information content (AvgIpc) is 2.39. The summed E-state index contributed by atoms with van der Waals surface area (Å²) in [7, 11) is 0. The van der Waals surface area contributed by atoms with Crippen LogP contribution in [0.3, 0.4) is 0 Å². The molecule has 4 heteroatoms. The van der Waals surface area contributed by atoms with Crippen LogP contribution in [0.2, 0.25) is 0 Å². The first-order valence-electron chi connectivity index (χ1n) is 6.44. The number of thioether (sulfide) groups is 1. The Bertz CT molecular complexity index is 347. The van der Waals surface area contributed by atoms with Crippen LogP contribution in [0.15, 0.2) is 29.2 Å². The van der Waals surface area contributed by atoms with Gasteiger partial charge in [0.25, 0.3) is 0 Å². The van der Waals surface area contributed by atoms with Crippen LogP contribution in [0.5, 0.6) is 0 Å². The third-order valence-electron chi connectivity index (χ3n) is 3.28. The van der Waals surface area contributed by atoms with Crippen molar-refractivity contribution in [1.82, 2.24) is 5.32 Å². The number of nitrogens with one attached hydrogen (secondary N) is 1. The Morgan fingerprint density at radius 2 is 1.83 bits per heavy atom. The zero-order valence-electron chi connectivity index (χ0n) is 10.4. The second-order valence-corrected chi connectivity index (χ2v) is 5.84. The highest BCUT2D eigenvalue weighted by molar-refractivity contribution is 7.99. The highest BCUT2D eigenvalue weighted by Gasteiger charge is 2.13. The molecule has 1 aromatic rings. The van der Waals surface area contributed by atoms with Crippen molar-refractivity contribution in [2.24, 2.45) is 5.92 Å². The van der Waals surface area contributed by atoms with Gasteiger partial charge in [0.15, 0.2) is 0 Å². The molecule has 0 aromatic heterocycles. The summed E-state index contributed by atoms with van der Waals surface area (Å²) in [5, 5.41) is 3.36. The molecule has 0 radical (unpaired) electrons. The molecule has 0 atom stereocenters. The van der Waals surface area contributed by atoms with Crippen LogP contribution in [-0.2, 0) is 6.42 Å². The quantitative estimate of drug-likeness (QED) is 0.821. The van der Waals surface area contributed by atoms with E-state index in [4.69, 9.17) is 0 Å². The second-order valence-electron chi connectivity index (χ2n) is 4.74. The number of piperidine rings is 1. The summed E-state index contributed by atoms with van der Waals surface area (Å²) in [4.78, 5) is 0.935. The van der Waals surface area contributed by atoms with Crippen molar-refractivity contribution in [3.8, 4) is 0 Å². The van der Waals surface area contributed by atoms with E-state index in [1.165, 1.54) is 30.2 Å². The minimum Gasteiger partial charge on any atom is -0.317 e. The highest BCUT2D eigenvalue weighted by atomic mass is 32.2. The summed E-state index contributed by atoms with van der Waals surface area (Å²) >= 11 is 1.22. The standard InChI is InChI=1S/C14H19F2NS/c15-14(16)10-18-13-3-1-11(2-4-13)9-12-5-7-17-8-6-12/h1-4,12,14,17H,5-10H2. The molecule has 1 aliphatic rings. The van der Waals surface area contributed by atoms with Crippen LogP contribution in [0.4, 0.5) is 8.78 Å². The lowest BCUT2D eigenvalue weighted by Gasteiger charge is -2.22. The van der Waals surface area contributed by atoms with Gasteiger partial charge in [-0.1, -0.05) is 12.1 Å². The first-order valence-corrected chi connectivity index (χ1v) is 7.43. The minimum atomic E-state index is -2.23. The molecule has 100 valence electrons. The number of halogens is 2. The maximum absolute atomic E-state index is 12.1. The predicted octanol–water partition coefficient (Wildman–Crippen LogP) is 3.59. The third-order valence-corrected chi connectivity index (χ3v) is 4.31. The smallest absolute Gasteiger partial charge is 0.247 e. The summed E-state index contributed by atoms with van der Waals surface area (Å²) in [6.07, 6.45) is 1.36. The monoisotopic (exact) mass is 271 g/mol. The summed E-state index contributed by atoms with van der Waals surface area (Å²) in [5.74, 6) is 0.652. The van der Waals surface area contributed by atoms with Crippen LogP contribution in [0.1, 0.15) is 18.4 Å². The van der Waals surface area contributed by atoms with Gasteiger partial charge in [0, 0.05) is 4.90 Å². The van der Waals surface area contributed by atoms with Crippen molar-refractivity contribution in [2.75, 3.05) is 18.8 Å². The van der Waals surface area contributed by atoms with Gasteiger partial charge >= 0.3 is 0 Å². The maximum atomic E-state index is 12.1. The molecule has 1 aromatic carbocycles. The average molecular weight is 271 g/mol. The lowest BCUT2D eigenvalue weighted by atomic mass is 9.91. The van der Waals surface area contributed by atoms with Crippen LogP contribution in [-0.4, -0.2) is 25.3 Å². The Balaban J connectivity index is 1.83. The molecule has 1 aliphatic heterocycles. The first kappa shape index (κ1) is 13.8. The second kappa shape index (κ2) is 7.10. The highest BCUT2D eigenvalue weighted by Crippen LogP contribution is 2.23. The van der Waals surface area contributed by atoms with Crippen LogP contribution in [0.25, 0.3) is 0 Å². The molecule has 1 heterocycles. The zero-order valence-corrected chi connectivity index (χ0v) is 11.2. The Morgan fingerprint density at radius 1 is 1.17 bits per heavy atom. The lowest BCUT2D eigenvalue weighted by molar-refractivity contribution is 0.177. The summed E-state index contributed by atoms with van der Waals surface area (Å²) < 4.78 is 24.2. The Kier molecular flexibility index (Phi) is 5.45. The molecule has 0 amide bonds. The van der Waals surface area contributed by atoms with Gasteiger partial charge in [-0.2, -0.15) is 0 Å². The molecule has 0 spiro atoms. The summed E-state index contributed by atoms with van der Waals surface area (Å²) in [5.41, 5.74) is 1.32. The van der Waals surface area contributed by atoms with Gasteiger partial charge in [0.2, 0.25) is 6.43 Å². The maximum Gasteiger partial charge on any atom is 0.247 e. The number of alkyl halides is 2. The van der Waals surface area contributed by atoms with Gasteiger partial charge < -0.3 is 5.32 Å². The van der Waals surface area contributed by atoms with Crippen molar-refractivity contribution in [3.05, 3.63) is 29.8 Å². The van der Waals surface area contributed by atoms with E-state index in [-0.39, 0.29) is 5.75 Å². The zero-order chi connectivity index (χ0) is 12.8. The Morgan fingerprint density at radius 3 is 2.44 bits per heavy atom. The molecule has 1 nitrogen and oxygen atoms in total. The van der Waals surface area contributed by atoms with Crippen molar-refractivity contribution in [3.63, 3.8) is 0 Å². The van der Waals surface area contributed by atoms with Gasteiger partial charge in [0.05, 0.1) is 5.75 Å². The Hall–Kier alpha value is -0.610. The van der Waals surface area contributed by atoms with Crippen molar-refractivity contribution in [2.45, 2.75) is 30.6 Å². The van der Waals surface area contributed by atoms with Crippen LogP contribution >= 0.6 is 11.8 Å². The van der Waals surface area contributed by atoms with E-state index in [1.807, 2.05) is 12.1 Å². The van der Waals surface area contributed by atoms with Gasteiger partial charge in [-0.05, 0) is 56.0 Å². The van der Waals surface area contributed by atoms with E-state index in [1.54, 1.807) is 0 Å². The van der Waals surface area contributed by atoms with E-state index >= 15 is 0 Å². The number of rotatable bonds is 5. The first-order chi connectivity index (χ1) is 8.74. The predicted molar refractivity (Wildman–Crippen MR) is 72.5 cm³/mol. The van der Waals surface area contributed by atoms with Gasteiger partial charge in [0.1, 0.15) is 0 Å². The molecule has 0 bridgehead atoms. The molecule has 1 saturated heterocycles. The lowest BCUT2D eigenvalue weighted by Crippen LogP contribution is -2.28. The van der Waals surface area contributed by atoms with E-state index in [9.17, 15) is 8.78 Å². The third kappa shape index (κ3) is 4.58. The summed E-state index contributed by atoms with van der Waals surface area (Å²) in [6, 6.07) is 8.08. The fourth-order valence-electron chi connectivity index (χ4n) is 2.30. The van der Waals surface area contributed by atoms with Crippen molar-refractivity contribution in [1.29, 1.82) is 0 Å². The molecule has 0 saturated carbocycles. The Labute approximate surface area is 111 Å². The van der Waals surface area contributed by atoms with Crippen molar-refractivity contribution >= 4 is 11.8 Å². The molecule has 0 aliphatic carbocycles. The van der Waals surface area contributed by atoms with Gasteiger partial charge in [-0.25, -0.2) is 8.78 Å². The number of hydrogen-bond donors (Lipinski definition) is 1. The molecule has 0 unspecified atom stereocenters. The van der Waals surface area contributed by atoms with Crippen molar-refractivity contribution < 1.29 is 8.78 Å². The number of hydrogen-bond acceptors (Lipinski definition) is 2. The van der Waals surface area contributed by atoms with E-state index < -0.39 is 6.43 Å². The summed E-state index contributed by atoms with van der Waals surface area (Å²) in [6.45, 7) is 2.24. The molecular formula is C14H19F2NS. The normalized spacial score (nSPS) is 17.3. The topological polar surface area (TPSA) is 12.0 Å². The number of benzene rings is 1. The van der Waals surface area contributed by atoms with Gasteiger partial charge in [-0.3, -0.25) is 0 Å². The SMILES string of the molecule is FC(F)CSc1ccc(CC2CCNCC2)cc1. The molecule has 2 rings (SSSR count). The fourth-order valence-corrected chi connectivity index (χ4v) is 2.95. The fraction of sp³-hybridized carbons (Fsp3) is 0.571. The van der Waals surface area contributed by atoms with Crippen LogP contribution < -0.4 is 5.32 Å². The molecule has 18 heavy (non-hydrogen) atoms. The van der Waals surface area contributed by atoms with E-state index in [0.29, 0.717) is 0 Å². The minimum absolute atomic E-state index is 0.117. The molecule has 1 fully saturated rings. The van der Waals surface area contributed by atoms with Crippen LogP contribution in [0, 0.1) is 5.92 Å². The van der Waals surface area contributed by atoms with E-state index in [2.05, 4.69) is 17.4 Å². The molecule has 1 N–H and O–H groups in total. The van der Waals surface area contributed by atoms with E-state index in [0.717, 1.165) is 30.3 Å². The van der Waals surface area contributed by atoms with Gasteiger partial charge in [-0.15, -0.1) is 11.8 Å². The molecular weight excluding hydrogens is 252 g/mol. The largest absolute Gasteiger partial charge is 0.317 e.